The average Bonchev–Trinajstić information content (AvgIpc) is 2.54. The summed E-state index contributed by atoms with van der Waals surface area (Å²) in [6.07, 6.45) is 0.208. The second kappa shape index (κ2) is 6.23. The number of ether oxygens (including phenoxy) is 1. The van der Waals surface area contributed by atoms with Crippen molar-refractivity contribution in [2.45, 2.75) is 18.6 Å². The van der Waals surface area contributed by atoms with Crippen LogP contribution in [0, 0.1) is 0 Å². The number of hydrogen-bond donors (Lipinski definition) is 1. The lowest BCUT2D eigenvalue weighted by Crippen LogP contribution is -2.38. The zero-order valence-electron chi connectivity index (χ0n) is 8.49. The van der Waals surface area contributed by atoms with Crippen LogP contribution in [0.3, 0.4) is 0 Å². The normalized spacial score (nSPS) is 23.3. The standard InChI is InChI=1S/C8H13Cl2NO3S2/c9-3-7(4-10)14-8(15)11-6-1-2-16(12,13)5-6/h6-7H,1-5H2,(H,11,15). The molecule has 0 bridgehead atoms. The maximum Gasteiger partial charge on any atom is 0.257 e. The third-order valence-electron chi connectivity index (χ3n) is 2.17. The van der Waals surface area contributed by atoms with Gasteiger partial charge in [0.15, 0.2) is 9.84 Å². The van der Waals surface area contributed by atoms with Crippen molar-refractivity contribution in [2.24, 2.45) is 0 Å². The lowest BCUT2D eigenvalue weighted by Gasteiger charge is -2.18. The molecule has 0 radical (unpaired) electrons. The highest BCUT2D eigenvalue weighted by Crippen LogP contribution is 2.11. The van der Waals surface area contributed by atoms with Gasteiger partial charge < -0.3 is 10.1 Å². The van der Waals surface area contributed by atoms with Crippen molar-refractivity contribution in [3.8, 4) is 0 Å². The number of sulfone groups is 1. The molecule has 94 valence electrons. The Morgan fingerprint density at radius 3 is 2.56 bits per heavy atom. The lowest BCUT2D eigenvalue weighted by molar-refractivity contribution is 0.228. The first-order chi connectivity index (χ1) is 7.46. The molecule has 1 unspecified atom stereocenters. The van der Waals surface area contributed by atoms with Gasteiger partial charge in [-0.1, -0.05) is 0 Å². The van der Waals surface area contributed by atoms with E-state index in [9.17, 15) is 8.42 Å². The van der Waals surface area contributed by atoms with E-state index in [-0.39, 0.29) is 40.6 Å². The lowest BCUT2D eigenvalue weighted by atomic mass is 10.3. The van der Waals surface area contributed by atoms with Gasteiger partial charge in [-0.15, -0.1) is 23.2 Å². The van der Waals surface area contributed by atoms with Crippen LogP contribution >= 0.6 is 35.4 Å². The summed E-state index contributed by atoms with van der Waals surface area (Å²) in [6, 6.07) is -0.163. The molecule has 1 aliphatic rings. The summed E-state index contributed by atoms with van der Waals surface area (Å²) in [5.41, 5.74) is 0. The quantitative estimate of drug-likeness (QED) is 0.618. The fraction of sp³-hybridized carbons (Fsp3) is 0.875. The van der Waals surface area contributed by atoms with Crippen LogP contribution in [0.1, 0.15) is 6.42 Å². The van der Waals surface area contributed by atoms with Crippen molar-refractivity contribution in [2.75, 3.05) is 23.3 Å². The topological polar surface area (TPSA) is 55.4 Å². The van der Waals surface area contributed by atoms with Crippen molar-refractivity contribution in [3.63, 3.8) is 0 Å². The Labute approximate surface area is 111 Å². The van der Waals surface area contributed by atoms with Gasteiger partial charge in [0, 0.05) is 6.04 Å². The highest BCUT2D eigenvalue weighted by atomic mass is 35.5. The van der Waals surface area contributed by atoms with Crippen LogP contribution in [0.25, 0.3) is 0 Å². The molecule has 1 saturated heterocycles. The molecule has 0 aromatic carbocycles. The Bertz CT molecular complexity index is 343. The van der Waals surface area contributed by atoms with Gasteiger partial charge >= 0.3 is 0 Å². The molecule has 1 atom stereocenters. The van der Waals surface area contributed by atoms with Crippen LogP contribution in [0.2, 0.25) is 0 Å². The molecule has 0 spiro atoms. The molecule has 0 saturated carbocycles. The van der Waals surface area contributed by atoms with Crippen LogP contribution in [0.5, 0.6) is 0 Å². The minimum atomic E-state index is -2.91. The molecule has 16 heavy (non-hydrogen) atoms. The minimum absolute atomic E-state index is 0.100. The Hall–Kier alpha value is 0.220. The summed E-state index contributed by atoms with van der Waals surface area (Å²) in [5, 5.41) is 3.01. The van der Waals surface area contributed by atoms with E-state index in [4.69, 9.17) is 40.2 Å². The van der Waals surface area contributed by atoms with Gasteiger partial charge in [-0.3, -0.25) is 0 Å². The summed E-state index contributed by atoms with van der Waals surface area (Å²) in [7, 11) is -2.91. The summed E-state index contributed by atoms with van der Waals surface area (Å²) in [6.45, 7) is 0. The van der Waals surface area contributed by atoms with Crippen LogP contribution in [0.4, 0.5) is 0 Å². The molecule has 0 aromatic heterocycles. The number of hydrogen-bond acceptors (Lipinski definition) is 4. The van der Waals surface area contributed by atoms with Gasteiger partial charge in [0.1, 0.15) is 6.10 Å². The van der Waals surface area contributed by atoms with Crippen molar-refractivity contribution in [1.29, 1.82) is 0 Å². The Morgan fingerprint density at radius 1 is 1.50 bits per heavy atom. The molecule has 8 heteroatoms. The molecule has 0 amide bonds. The maximum absolute atomic E-state index is 11.2. The first-order valence-corrected chi connectivity index (χ1v) is 8.06. The SMILES string of the molecule is O=S1(=O)CCC(NC(=S)OC(CCl)CCl)C1. The van der Waals surface area contributed by atoms with Crippen LogP contribution < -0.4 is 5.32 Å². The number of alkyl halides is 2. The monoisotopic (exact) mass is 305 g/mol. The van der Waals surface area contributed by atoms with Gasteiger partial charge in [-0.2, -0.15) is 0 Å². The average molecular weight is 306 g/mol. The largest absolute Gasteiger partial charge is 0.465 e. The predicted octanol–water partition coefficient (Wildman–Crippen LogP) is 0.911. The van der Waals surface area contributed by atoms with Crippen LogP contribution in [0.15, 0.2) is 0 Å². The molecule has 0 aromatic rings. The summed E-state index contributed by atoms with van der Waals surface area (Å²) in [4.78, 5) is 0. The molecule has 1 fully saturated rings. The zero-order chi connectivity index (χ0) is 12.2. The van der Waals surface area contributed by atoms with Crippen molar-refractivity contribution < 1.29 is 13.2 Å². The van der Waals surface area contributed by atoms with E-state index in [0.29, 0.717) is 6.42 Å². The molecule has 4 nitrogen and oxygen atoms in total. The fourth-order valence-electron chi connectivity index (χ4n) is 1.37. The van der Waals surface area contributed by atoms with Crippen molar-refractivity contribution in [3.05, 3.63) is 0 Å². The Morgan fingerprint density at radius 2 is 2.12 bits per heavy atom. The zero-order valence-corrected chi connectivity index (χ0v) is 11.6. The third-order valence-corrected chi connectivity index (χ3v) is 4.84. The fourth-order valence-corrected chi connectivity index (χ4v) is 3.80. The molecule has 0 aliphatic carbocycles. The molecule has 1 aliphatic heterocycles. The van der Waals surface area contributed by atoms with Gasteiger partial charge in [-0.05, 0) is 18.6 Å². The molecule has 1 rings (SSSR count). The van der Waals surface area contributed by atoms with Crippen LogP contribution in [-0.2, 0) is 14.6 Å². The third kappa shape index (κ3) is 4.61. The number of thiocarbonyl (C=S) groups is 1. The minimum Gasteiger partial charge on any atom is -0.465 e. The van der Waals surface area contributed by atoms with Crippen molar-refractivity contribution in [1.82, 2.24) is 5.32 Å². The van der Waals surface area contributed by atoms with E-state index in [1.807, 2.05) is 0 Å². The van der Waals surface area contributed by atoms with Gasteiger partial charge in [0.2, 0.25) is 0 Å². The molecular formula is C8H13Cl2NO3S2. The van der Waals surface area contributed by atoms with E-state index < -0.39 is 9.84 Å². The van der Waals surface area contributed by atoms with E-state index >= 15 is 0 Å². The predicted molar refractivity (Wildman–Crippen MR) is 69.1 cm³/mol. The maximum atomic E-state index is 11.2. The first kappa shape index (κ1) is 14.3. The Kier molecular flexibility index (Phi) is 5.56. The summed E-state index contributed by atoms with van der Waals surface area (Å²) < 4.78 is 27.6. The second-order valence-corrected chi connectivity index (χ2v) is 6.80. The number of halogens is 2. The van der Waals surface area contributed by atoms with E-state index in [1.165, 1.54) is 0 Å². The van der Waals surface area contributed by atoms with Crippen LogP contribution in [-0.4, -0.2) is 49.0 Å². The summed E-state index contributed by atoms with van der Waals surface area (Å²) in [5.74, 6) is 0.785. The van der Waals surface area contributed by atoms with Gasteiger partial charge in [0.05, 0.1) is 23.3 Å². The van der Waals surface area contributed by atoms with Gasteiger partial charge in [-0.25, -0.2) is 8.42 Å². The first-order valence-electron chi connectivity index (χ1n) is 4.76. The highest BCUT2D eigenvalue weighted by Gasteiger charge is 2.28. The molecule has 1 N–H and O–H groups in total. The van der Waals surface area contributed by atoms with E-state index in [2.05, 4.69) is 5.32 Å². The molecular weight excluding hydrogens is 293 g/mol. The van der Waals surface area contributed by atoms with E-state index in [0.717, 1.165) is 0 Å². The highest BCUT2D eigenvalue weighted by molar-refractivity contribution is 7.91. The van der Waals surface area contributed by atoms with Crippen molar-refractivity contribution >= 4 is 50.4 Å². The number of rotatable bonds is 4. The second-order valence-electron chi connectivity index (χ2n) is 3.58. The number of nitrogens with one attached hydrogen (secondary N) is 1. The summed E-state index contributed by atoms with van der Waals surface area (Å²) >= 11 is 16.1. The smallest absolute Gasteiger partial charge is 0.257 e. The van der Waals surface area contributed by atoms with Gasteiger partial charge in [0.25, 0.3) is 5.17 Å². The molecule has 1 heterocycles. The Balaban J connectivity index is 2.35. The van der Waals surface area contributed by atoms with E-state index in [1.54, 1.807) is 0 Å².